The molecule has 0 aliphatic carbocycles. The number of furan rings is 1. The minimum atomic E-state index is -0.134. The highest BCUT2D eigenvalue weighted by molar-refractivity contribution is 9.10. The number of rotatable bonds is 7. The largest absolute Gasteiger partial charge is 0.496 e. The molecule has 1 amide bonds. The summed E-state index contributed by atoms with van der Waals surface area (Å²) in [5, 5.41) is 3.01. The highest BCUT2D eigenvalue weighted by Crippen LogP contribution is 2.25. The van der Waals surface area contributed by atoms with Crippen molar-refractivity contribution in [2.75, 3.05) is 26.7 Å². The van der Waals surface area contributed by atoms with Crippen molar-refractivity contribution in [2.24, 2.45) is 0 Å². The fourth-order valence-electron chi connectivity index (χ4n) is 3.38. The molecule has 1 atom stereocenters. The molecule has 144 valence electrons. The van der Waals surface area contributed by atoms with E-state index >= 15 is 0 Å². The number of ether oxygens (including phenoxy) is 1. The SMILES string of the molecule is COc1ccc(Br)cc1C=CC(=O)NCC(c1ccco1)N1CCCCC1. The Morgan fingerprint density at radius 2 is 2.15 bits per heavy atom. The van der Waals surface area contributed by atoms with Gasteiger partial charge in [-0.05, 0) is 62.3 Å². The van der Waals surface area contributed by atoms with Crippen molar-refractivity contribution in [1.29, 1.82) is 0 Å². The number of nitrogens with one attached hydrogen (secondary N) is 1. The molecule has 3 rings (SSSR count). The first kappa shape index (κ1) is 19.7. The summed E-state index contributed by atoms with van der Waals surface area (Å²) in [6, 6.07) is 9.63. The maximum Gasteiger partial charge on any atom is 0.244 e. The summed E-state index contributed by atoms with van der Waals surface area (Å²) in [4.78, 5) is 14.8. The van der Waals surface area contributed by atoms with Crippen LogP contribution in [0.15, 0.2) is 51.6 Å². The molecule has 2 heterocycles. The zero-order valence-electron chi connectivity index (χ0n) is 15.5. The molecular weight excluding hydrogens is 408 g/mol. The third-order valence-electron chi connectivity index (χ3n) is 4.78. The quantitative estimate of drug-likeness (QED) is 0.658. The Kier molecular flexibility index (Phi) is 7.12. The Hall–Kier alpha value is -2.05. The number of benzene rings is 1. The van der Waals surface area contributed by atoms with Crippen LogP contribution in [0.2, 0.25) is 0 Å². The number of nitrogens with zero attached hydrogens (tertiary/aromatic N) is 1. The number of halogens is 1. The Labute approximate surface area is 168 Å². The van der Waals surface area contributed by atoms with Gasteiger partial charge < -0.3 is 14.5 Å². The van der Waals surface area contributed by atoms with Gasteiger partial charge in [-0.25, -0.2) is 0 Å². The van der Waals surface area contributed by atoms with Crippen LogP contribution < -0.4 is 10.1 Å². The molecule has 0 radical (unpaired) electrons. The Balaban J connectivity index is 1.63. The average Bonchev–Trinajstić information content (AvgIpc) is 3.22. The van der Waals surface area contributed by atoms with Crippen LogP contribution in [0, 0.1) is 0 Å². The average molecular weight is 433 g/mol. The Morgan fingerprint density at radius 3 is 2.85 bits per heavy atom. The predicted octanol–water partition coefficient (Wildman–Crippen LogP) is 4.41. The number of hydrogen-bond donors (Lipinski definition) is 1. The van der Waals surface area contributed by atoms with Gasteiger partial charge in [0.2, 0.25) is 5.91 Å². The first-order chi connectivity index (χ1) is 13.2. The predicted molar refractivity (Wildman–Crippen MR) is 110 cm³/mol. The molecule has 1 aromatic heterocycles. The minimum Gasteiger partial charge on any atom is -0.496 e. The van der Waals surface area contributed by atoms with Gasteiger partial charge in [-0.15, -0.1) is 0 Å². The molecule has 1 aliphatic rings. The highest BCUT2D eigenvalue weighted by atomic mass is 79.9. The van der Waals surface area contributed by atoms with Crippen molar-refractivity contribution in [2.45, 2.75) is 25.3 Å². The zero-order chi connectivity index (χ0) is 19.1. The van der Waals surface area contributed by atoms with Gasteiger partial charge in [0.1, 0.15) is 11.5 Å². The summed E-state index contributed by atoms with van der Waals surface area (Å²) < 4.78 is 11.9. The Morgan fingerprint density at radius 1 is 1.33 bits per heavy atom. The molecule has 1 fully saturated rings. The normalized spacial score (nSPS) is 16.4. The fourth-order valence-corrected chi connectivity index (χ4v) is 3.76. The van der Waals surface area contributed by atoms with Crippen molar-refractivity contribution < 1.29 is 13.9 Å². The van der Waals surface area contributed by atoms with Crippen LogP contribution in [-0.2, 0) is 4.79 Å². The zero-order valence-corrected chi connectivity index (χ0v) is 17.1. The molecule has 1 aliphatic heterocycles. The van der Waals surface area contributed by atoms with E-state index in [0.29, 0.717) is 6.54 Å². The van der Waals surface area contributed by atoms with Crippen LogP contribution in [0.4, 0.5) is 0 Å². The number of piperidine rings is 1. The number of hydrogen-bond acceptors (Lipinski definition) is 4. The highest BCUT2D eigenvalue weighted by Gasteiger charge is 2.24. The molecule has 0 saturated carbocycles. The van der Waals surface area contributed by atoms with E-state index in [1.54, 1.807) is 25.5 Å². The summed E-state index contributed by atoms with van der Waals surface area (Å²) in [5.74, 6) is 1.49. The summed E-state index contributed by atoms with van der Waals surface area (Å²) in [7, 11) is 1.62. The third kappa shape index (κ3) is 5.47. The van der Waals surface area contributed by atoms with Crippen molar-refractivity contribution in [1.82, 2.24) is 10.2 Å². The second-order valence-electron chi connectivity index (χ2n) is 6.59. The molecule has 5 nitrogen and oxygen atoms in total. The van der Waals surface area contributed by atoms with Crippen molar-refractivity contribution in [3.8, 4) is 5.75 Å². The molecule has 1 unspecified atom stereocenters. The molecule has 1 N–H and O–H groups in total. The van der Waals surface area contributed by atoms with Crippen molar-refractivity contribution >= 4 is 27.9 Å². The Bertz CT molecular complexity index is 768. The van der Waals surface area contributed by atoms with E-state index in [1.807, 2.05) is 30.3 Å². The van der Waals surface area contributed by atoms with Crippen LogP contribution in [0.25, 0.3) is 6.08 Å². The number of carbonyl (C=O) groups excluding carboxylic acids is 1. The molecule has 6 heteroatoms. The first-order valence-electron chi connectivity index (χ1n) is 9.24. The third-order valence-corrected chi connectivity index (χ3v) is 5.27. The maximum atomic E-state index is 12.4. The molecule has 2 aromatic rings. The summed E-state index contributed by atoms with van der Waals surface area (Å²) in [6.45, 7) is 2.59. The van der Waals surface area contributed by atoms with Gasteiger partial charge >= 0.3 is 0 Å². The number of likely N-dealkylation sites (tertiary alicyclic amines) is 1. The monoisotopic (exact) mass is 432 g/mol. The van der Waals surface area contributed by atoms with E-state index in [1.165, 1.54) is 19.3 Å². The molecule has 0 spiro atoms. The van der Waals surface area contributed by atoms with Gasteiger partial charge in [0.25, 0.3) is 0 Å². The van der Waals surface area contributed by atoms with Crippen LogP contribution in [0.3, 0.4) is 0 Å². The summed E-state index contributed by atoms with van der Waals surface area (Å²) in [5.41, 5.74) is 0.848. The van der Waals surface area contributed by atoms with Crippen molar-refractivity contribution in [3.05, 3.63) is 58.5 Å². The van der Waals surface area contributed by atoms with Crippen LogP contribution in [-0.4, -0.2) is 37.6 Å². The lowest BCUT2D eigenvalue weighted by molar-refractivity contribution is -0.116. The van der Waals surface area contributed by atoms with Gasteiger partial charge in [-0.1, -0.05) is 22.4 Å². The minimum absolute atomic E-state index is 0.0676. The first-order valence-corrected chi connectivity index (χ1v) is 10.0. The smallest absolute Gasteiger partial charge is 0.244 e. The van der Waals surface area contributed by atoms with Crippen LogP contribution >= 0.6 is 15.9 Å². The van der Waals surface area contributed by atoms with Gasteiger partial charge in [-0.3, -0.25) is 9.69 Å². The number of amides is 1. The second-order valence-corrected chi connectivity index (χ2v) is 7.51. The fraction of sp³-hybridized carbons (Fsp3) is 0.381. The van der Waals surface area contributed by atoms with E-state index in [0.717, 1.165) is 34.6 Å². The van der Waals surface area contributed by atoms with Gasteiger partial charge in [0.15, 0.2) is 0 Å². The lowest BCUT2D eigenvalue weighted by Gasteiger charge is -2.33. The van der Waals surface area contributed by atoms with E-state index in [4.69, 9.17) is 9.15 Å². The van der Waals surface area contributed by atoms with Gasteiger partial charge in [0, 0.05) is 22.7 Å². The standard InChI is InChI=1S/C21H25BrN2O3/c1-26-19-9-8-17(22)14-16(19)7-10-21(25)23-15-18(20-6-5-13-27-20)24-11-3-2-4-12-24/h5-10,13-14,18H,2-4,11-12,15H2,1H3,(H,23,25). The lowest BCUT2D eigenvalue weighted by atomic mass is 10.1. The summed E-state index contributed by atoms with van der Waals surface area (Å²) >= 11 is 3.44. The molecular formula is C21H25BrN2O3. The lowest BCUT2D eigenvalue weighted by Crippen LogP contribution is -2.40. The maximum absolute atomic E-state index is 12.4. The van der Waals surface area contributed by atoms with Gasteiger partial charge in [0.05, 0.1) is 19.4 Å². The molecule has 1 aromatic carbocycles. The molecule has 27 heavy (non-hydrogen) atoms. The second kappa shape index (κ2) is 9.76. The van der Waals surface area contributed by atoms with E-state index in [2.05, 4.69) is 26.1 Å². The summed E-state index contributed by atoms with van der Waals surface area (Å²) in [6.07, 6.45) is 8.64. The van der Waals surface area contributed by atoms with E-state index in [-0.39, 0.29) is 11.9 Å². The van der Waals surface area contributed by atoms with E-state index < -0.39 is 0 Å². The van der Waals surface area contributed by atoms with Crippen LogP contribution in [0.5, 0.6) is 5.75 Å². The number of methoxy groups -OCH3 is 1. The molecule has 0 bridgehead atoms. The molecule has 1 saturated heterocycles. The number of carbonyl (C=O) groups is 1. The topological polar surface area (TPSA) is 54.7 Å². The van der Waals surface area contributed by atoms with Gasteiger partial charge in [-0.2, -0.15) is 0 Å². The van der Waals surface area contributed by atoms with Crippen molar-refractivity contribution in [3.63, 3.8) is 0 Å². The van der Waals surface area contributed by atoms with E-state index in [9.17, 15) is 4.79 Å². The van der Waals surface area contributed by atoms with Crippen LogP contribution in [0.1, 0.15) is 36.6 Å².